The summed E-state index contributed by atoms with van der Waals surface area (Å²) < 4.78 is 19.1. The summed E-state index contributed by atoms with van der Waals surface area (Å²) in [5.41, 5.74) is 2.83. The summed E-state index contributed by atoms with van der Waals surface area (Å²) in [5, 5.41) is 3.16. The topological polar surface area (TPSA) is 38.3 Å². The summed E-state index contributed by atoms with van der Waals surface area (Å²) in [7, 11) is 1.23. The number of aryl methyl sites for hydroxylation is 1. The average molecular weight is 352 g/mol. The van der Waals surface area contributed by atoms with Gasteiger partial charge in [-0.25, -0.2) is 9.18 Å². The van der Waals surface area contributed by atoms with Crippen LogP contribution in [0.3, 0.4) is 0 Å². The number of hydrogen-bond donors (Lipinski definition) is 1. The Balaban J connectivity index is 2.13. The number of ether oxygens (including phenoxy) is 1. The molecule has 0 aliphatic heterocycles. The summed E-state index contributed by atoms with van der Waals surface area (Å²) in [6.45, 7) is 2.60. The highest BCUT2D eigenvalue weighted by Crippen LogP contribution is 2.19. The Bertz CT molecular complexity index is 673. The fraction of sp³-hybridized carbons (Fsp3) is 0.188. The van der Waals surface area contributed by atoms with Crippen LogP contribution in [0, 0.1) is 12.7 Å². The molecule has 0 saturated heterocycles. The molecule has 3 nitrogen and oxygen atoms in total. The number of carbonyl (C=O) groups is 1. The van der Waals surface area contributed by atoms with Crippen molar-refractivity contribution in [1.29, 1.82) is 0 Å². The third-order valence-electron chi connectivity index (χ3n) is 3.09. The number of esters is 1. The van der Waals surface area contributed by atoms with E-state index >= 15 is 0 Å². The lowest BCUT2D eigenvalue weighted by molar-refractivity contribution is 0.0595. The van der Waals surface area contributed by atoms with E-state index in [1.807, 2.05) is 19.1 Å². The van der Waals surface area contributed by atoms with Gasteiger partial charge in [0.1, 0.15) is 5.82 Å². The van der Waals surface area contributed by atoms with Crippen molar-refractivity contribution in [3.8, 4) is 0 Å². The minimum atomic E-state index is -0.685. The van der Waals surface area contributed by atoms with Crippen molar-refractivity contribution in [3.63, 3.8) is 0 Å². The van der Waals surface area contributed by atoms with Gasteiger partial charge in [-0.05, 0) is 42.3 Å². The number of halogens is 2. The van der Waals surface area contributed by atoms with Gasteiger partial charge in [0.15, 0.2) is 0 Å². The van der Waals surface area contributed by atoms with E-state index in [2.05, 4.69) is 32.0 Å². The third kappa shape index (κ3) is 3.82. The minimum absolute atomic E-state index is 0.0745. The number of hydrogen-bond acceptors (Lipinski definition) is 3. The molecule has 0 heterocycles. The molecule has 110 valence electrons. The van der Waals surface area contributed by atoms with Crippen molar-refractivity contribution in [1.82, 2.24) is 0 Å². The van der Waals surface area contributed by atoms with Crippen LogP contribution in [-0.2, 0) is 11.3 Å². The Morgan fingerprint density at radius 3 is 2.71 bits per heavy atom. The van der Waals surface area contributed by atoms with Crippen molar-refractivity contribution in [2.75, 3.05) is 12.4 Å². The molecule has 0 saturated carbocycles. The second-order valence-corrected chi connectivity index (χ2v) is 5.48. The van der Waals surface area contributed by atoms with Gasteiger partial charge in [0.2, 0.25) is 0 Å². The molecule has 0 amide bonds. The van der Waals surface area contributed by atoms with Gasteiger partial charge in [-0.1, -0.05) is 28.1 Å². The van der Waals surface area contributed by atoms with Crippen molar-refractivity contribution in [2.24, 2.45) is 0 Å². The molecule has 0 bridgehead atoms. The molecular weight excluding hydrogens is 337 g/mol. The van der Waals surface area contributed by atoms with Gasteiger partial charge in [0.05, 0.1) is 12.7 Å². The number of anilines is 1. The lowest BCUT2D eigenvalue weighted by Gasteiger charge is -2.10. The number of carbonyl (C=O) groups excluding carboxylic acids is 1. The summed E-state index contributed by atoms with van der Waals surface area (Å²) in [6, 6.07) is 10.3. The highest BCUT2D eigenvalue weighted by molar-refractivity contribution is 9.10. The summed E-state index contributed by atoms with van der Waals surface area (Å²) in [6.07, 6.45) is 0. The van der Waals surface area contributed by atoms with Crippen molar-refractivity contribution < 1.29 is 13.9 Å². The van der Waals surface area contributed by atoms with Crippen LogP contribution in [-0.4, -0.2) is 13.1 Å². The van der Waals surface area contributed by atoms with Gasteiger partial charge in [0.25, 0.3) is 0 Å². The molecule has 2 rings (SSSR count). The van der Waals surface area contributed by atoms with Crippen molar-refractivity contribution in [3.05, 3.63) is 63.4 Å². The maximum absolute atomic E-state index is 13.5. The molecule has 0 radical (unpaired) electrons. The van der Waals surface area contributed by atoms with E-state index in [1.54, 1.807) is 6.07 Å². The number of benzene rings is 2. The van der Waals surface area contributed by atoms with Crippen LogP contribution in [0.5, 0.6) is 0 Å². The van der Waals surface area contributed by atoms with E-state index in [1.165, 1.54) is 19.2 Å². The Morgan fingerprint density at radius 2 is 2.05 bits per heavy atom. The first-order valence-electron chi connectivity index (χ1n) is 6.38. The monoisotopic (exact) mass is 351 g/mol. The fourth-order valence-electron chi connectivity index (χ4n) is 1.92. The first kappa shape index (κ1) is 15.5. The SMILES string of the molecule is COC(=O)c1cc(NCc2ccc(Br)c(C)c2)ccc1F. The standard InChI is InChI=1S/C16H15BrFNO2/c1-10-7-11(3-5-14(10)17)9-19-12-4-6-15(18)13(8-12)16(20)21-2/h3-8,19H,9H2,1-2H3. The molecule has 0 aliphatic carbocycles. The fourth-order valence-corrected chi connectivity index (χ4v) is 2.17. The third-order valence-corrected chi connectivity index (χ3v) is 3.98. The van der Waals surface area contributed by atoms with E-state index in [0.717, 1.165) is 15.6 Å². The lowest BCUT2D eigenvalue weighted by atomic mass is 10.1. The highest BCUT2D eigenvalue weighted by Gasteiger charge is 2.12. The lowest BCUT2D eigenvalue weighted by Crippen LogP contribution is -2.06. The minimum Gasteiger partial charge on any atom is -0.465 e. The zero-order valence-corrected chi connectivity index (χ0v) is 13.3. The van der Waals surface area contributed by atoms with E-state index < -0.39 is 11.8 Å². The van der Waals surface area contributed by atoms with Gasteiger partial charge in [-0.2, -0.15) is 0 Å². The zero-order valence-electron chi connectivity index (χ0n) is 11.7. The quantitative estimate of drug-likeness (QED) is 0.834. The van der Waals surface area contributed by atoms with Crippen LogP contribution >= 0.6 is 15.9 Å². The Hall–Kier alpha value is -1.88. The first-order chi connectivity index (χ1) is 10.0. The number of rotatable bonds is 4. The van der Waals surface area contributed by atoms with Crippen LogP contribution in [0.25, 0.3) is 0 Å². The molecular formula is C16H15BrFNO2. The van der Waals surface area contributed by atoms with Gasteiger partial charge in [0, 0.05) is 16.7 Å². The Morgan fingerprint density at radius 1 is 1.29 bits per heavy atom. The van der Waals surface area contributed by atoms with E-state index in [0.29, 0.717) is 12.2 Å². The van der Waals surface area contributed by atoms with Crippen LogP contribution < -0.4 is 5.32 Å². The second kappa shape index (κ2) is 6.72. The van der Waals surface area contributed by atoms with Crippen LogP contribution in [0.15, 0.2) is 40.9 Å². The zero-order chi connectivity index (χ0) is 15.4. The van der Waals surface area contributed by atoms with Crippen molar-refractivity contribution >= 4 is 27.6 Å². The van der Waals surface area contributed by atoms with Gasteiger partial charge in [-0.3, -0.25) is 0 Å². The molecule has 5 heteroatoms. The summed E-state index contributed by atoms with van der Waals surface area (Å²) >= 11 is 3.45. The molecule has 0 aromatic heterocycles. The van der Waals surface area contributed by atoms with Crippen molar-refractivity contribution in [2.45, 2.75) is 13.5 Å². The number of methoxy groups -OCH3 is 1. The number of nitrogens with one attached hydrogen (secondary N) is 1. The Labute approximate surface area is 131 Å². The smallest absolute Gasteiger partial charge is 0.340 e. The Kier molecular flexibility index (Phi) is 4.96. The maximum Gasteiger partial charge on any atom is 0.340 e. The van der Waals surface area contributed by atoms with E-state index in [-0.39, 0.29) is 5.56 Å². The van der Waals surface area contributed by atoms with Crippen LogP contribution in [0.1, 0.15) is 21.5 Å². The normalized spacial score (nSPS) is 10.3. The maximum atomic E-state index is 13.5. The molecule has 2 aromatic rings. The molecule has 1 N–H and O–H groups in total. The molecule has 0 spiro atoms. The van der Waals surface area contributed by atoms with E-state index in [4.69, 9.17) is 0 Å². The first-order valence-corrected chi connectivity index (χ1v) is 7.17. The highest BCUT2D eigenvalue weighted by atomic mass is 79.9. The second-order valence-electron chi connectivity index (χ2n) is 4.62. The predicted octanol–water partition coefficient (Wildman–Crippen LogP) is 4.30. The van der Waals surface area contributed by atoms with Crippen LogP contribution in [0.4, 0.5) is 10.1 Å². The molecule has 0 fully saturated rings. The molecule has 0 aliphatic rings. The molecule has 2 aromatic carbocycles. The molecule has 21 heavy (non-hydrogen) atoms. The molecule has 0 unspecified atom stereocenters. The predicted molar refractivity (Wildman–Crippen MR) is 83.9 cm³/mol. The summed E-state index contributed by atoms with van der Waals surface area (Å²) in [5.74, 6) is -1.28. The van der Waals surface area contributed by atoms with Gasteiger partial charge < -0.3 is 10.1 Å². The van der Waals surface area contributed by atoms with Gasteiger partial charge >= 0.3 is 5.97 Å². The van der Waals surface area contributed by atoms with Crippen LogP contribution in [0.2, 0.25) is 0 Å². The average Bonchev–Trinajstić information content (AvgIpc) is 2.49. The summed E-state index contributed by atoms with van der Waals surface area (Å²) in [4.78, 5) is 11.4. The molecule has 0 atom stereocenters. The van der Waals surface area contributed by atoms with Gasteiger partial charge in [-0.15, -0.1) is 0 Å². The largest absolute Gasteiger partial charge is 0.465 e. The van der Waals surface area contributed by atoms with E-state index in [9.17, 15) is 9.18 Å².